The highest BCUT2D eigenvalue weighted by Crippen LogP contribution is 2.26. The first kappa shape index (κ1) is 14.7. The lowest BCUT2D eigenvalue weighted by atomic mass is 9.96. The van der Waals surface area contributed by atoms with Crippen molar-refractivity contribution in [3.63, 3.8) is 0 Å². The molecule has 0 atom stereocenters. The average Bonchev–Trinajstić information content (AvgIpc) is 3.23. The molecule has 0 saturated carbocycles. The van der Waals surface area contributed by atoms with E-state index in [4.69, 9.17) is 4.98 Å². The Labute approximate surface area is 138 Å². The summed E-state index contributed by atoms with van der Waals surface area (Å²) in [5.74, 6) is 1.35. The molecule has 1 aliphatic heterocycles. The van der Waals surface area contributed by atoms with Crippen LogP contribution in [0.5, 0.6) is 0 Å². The molecule has 1 fully saturated rings. The number of carbonyl (C=O) groups excluding carboxylic acids is 1. The molecule has 0 unspecified atom stereocenters. The molecule has 1 saturated heterocycles. The number of nitrogens with zero attached hydrogens (tertiary/aromatic N) is 5. The van der Waals surface area contributed by atoms with E-state index in [0.29, 0.717) is 5.95 Å². The van der Waals surface area contributed by atoms with Crippen molar-refractivity contribution in [3.05, 3.63) is 30.6 Å². The van der Waals surface area contributed by atoms with E-state index >= 15 is 0 Å². The second-order valence-corrected chi connectivity index (χ2v) is 6.04. The fourth-order valence-corrected chi connectivity index (χ4v) is 3.24. The molecule has 1 amide bonds. The predicted molar refractivity (Wildman–Crippen MR) is 90.7 cm³/mol. The number of aryl methyl sites for hydroxylation is 1. The summed E-state index contributed by atoms with van der Waals surface area (Å²) in [7, 11) is 2.04. The maximum absolute atomic E-state index is 12.3. The summed E-state index contributed by atoms with van der Waals surface area (Å²) in [6, 6.07) is 8.12. The van der Waals surface area contributed by atoms with Gasteiger partial charge in [0.2, 0.25) is 17.8 Å². The topological polar surface area (TPSA) is 91.7 Å². The monoisotopic (exact) mass is 325 g/mol. The van der Waals surface area contributed by atoms with Crippen molar-refractivity contribution in [2.24, 2.45) is 13.0 Å². The van der Waals surface area contributed by atoms with Crippen molar-refractivity contribution in [2.45, 2.75) is 12.8 Å². The Morgan fingerprint density at radius 2 is 2.08 bits per heavy atom. The summed E-state index contributed by atoms with van der Waals surface area (Å²) in [5.41, 5.74) is 2.12. The highest BCUT2D eigenvalue weighted by Gasteiger charge is 2.27. The van der Waals surface area contributed by atoms with Gasteiger partial charge in [-0.25, -0.2) is 10.1 Å². The number of para-hydroxylation sites is 2. The second kappa shape index (κ2) is 5.95. The number of rotatable bonds is 3. The number of hydrogen-bond donors (Lipinski definition) is 2. The van der Waals surface area contributed by atoms with E-state index in [1.807, 2.05) is 25.2 Å². The predicted octanol–water partition coefficient (Wildman–Crippen LogP) is 1.55. The Kier molecular flexibility index (Phi) is 3.64. The number of H-pyrrole nitrogens is 1. The first-order valence-electron chi connectivity index (χ1n) is 8.05. The molecule has 0 radical (unpaired) electrons. The lowest BCUT2D eigenvalue weighted by Crippen LogP contribution is -2.39. The molecule has 0 bridgehead atoms. The Balaban J connectivity index is 1.43. The van der Waals surface area contributed by atoms with Crippen LogP contribution in [0.25, 0.3) is 11.0 Å². The molecule has 2 N–H and O–H groups in total. The smallest absolute Gasteiger partial charge is 0.229 e. The molecule has 3 heterocycles. The van der Waals surface area contributed by atoms with Crippen LogP contribution < -0.4 is 10.2 Å². The number of hydrogen-bond acceptors (Lipinski definition) is 5. The number of aromatic nitrogens is 5. The van der Waals surface area contributed by atoms with E-state index < -0.39 is 0 Å². The van der Waals surface area contributed by atoms with Crippen molar-refractivity contribution >= 4 is 28.8 Å². The van der Waals surface area contributed by atoms with Gasteiger partial charge in [-0.2, -0.15) is 10.1 Å². The number of benzene rings is 1. The molecule has 2 aromatic heterocycles. The van der Waals surface area contributed by atoms with Crippen LogP contribution in [0.3, 0.4) is 0 Å². The van der Waals surface area contributed by atoms with E-state index in [0.717, 1.165) is 42.9 Å². The number of piperidine rings is 1. The number of nitrogens with one attached hydrogen (secondary N) is 2. The number of carbonyl (C=O) groups is 1. The summed E-state index contributed by atoms with van der Waals surface area (Å²) >= 11 is 0. The van der Waals surface area contributed by atoms with Gasteiger partial charge in [0, 0.05) is 26.1 Å². The summed E-state index contributed by atoms with van der Waals surface area (Å²) in [6.07, 6.45) is 2.97. The van der Waals surface area contributed by atoms with Gasteiger partial charge in [-0.3, -0.25) is 10.1 Å². The molecule has 1 aliphatic rings. The SMILES string of the molecule is Cn1c(N2CCC(C(=O)Nc3ncn[nH]3)CC2)nc2ccccc21. The molecule has 1 aromatic carbocycles. The van der Waals surface area contributed by atoms with Gasteiger partial charge >= 0.3 is 0 Å². The lowest BCUT2D eigenvalue weighted by Gasteiger charge is -2.31. The van der Waals surface area contributed by atoms with E-state index in [1.54, 1.807) is 0 Å². The van der Waals surface area contributed by atoms with Gasteiger partial charge in [0.25, 0.3) is 0 Å². The Morgan fingerprint density at radius 1 is 1.29 bits per heavy atom. The summed E-state index contributed by atoms with van der Waals surface area (Å²) < 4.78 is 2.12. The Bertz CT molecular complexity index is 847. The van der Waals surface area contributed by atoms with Gasteiger partial charge in [0.05, 0.1) is 11.0 Å². The van der Waals surface area contributed by atoms with Gasteiger partial charge in [-0.05, 0) is 25.0 Å². The number of imidazole rings is 1. The average molecular weight is 325 g/mol. The van der Waals surface area contributed by atoms with Gasteiger partial charge in [0.1, 0.15) is 6.33 Å². The number of anilines is 2. The minimum absolute atomic E-state index is 0.00333. The van der Waals surface area contributed by atoms with Gasteiger partial charge in [-0.15, -0.1) is 0 Å². The molecule has 124 valence electrons. The highest BCUT2D eigenvalue weighted by atomic mass is 16.2. The Hall–Kier alpha value is -2.90. The van der Waals surface area contributed by atoms with Crippen LogP contribution in [0, 0.1) is 5.92 Å². The lowest BCUT2D eigenvalue weighted by molar-refractivity contribution is -0.120. The van der Waals surface area contributed by atoms with E-state index in [9.17, 15) is 4.79 Å². The zero-order chi connectivity index (χ0) is 16.5. The van der Waals surface area contributed by atoms with Crippen molar-refractivity contribution in [3.8, 4) is 0 Å². The zero-order valence-corrected chi connectivity index (χ0v) is 13.4. The number of fused-ring (bicyclic) bond motifs is 1. The normalized spacial score (nSPS) is 15.8. The van der Waals surface area contributed by atoms with Crippen LogP contribution in [-0.2, 0) is 11.8 Å². The van der Waals surface area contributed by atoms with E-state index in [1.165, 1.54) is 6.33 Å². The van der Waals surface area contributed by atoms with Crippen LogP contribution in [0.1, 0.15) is 12.8 Å². The third-order valence-corrected chi connectivity index (χ3v) is 4.57. The quantitative estimate of drug-likeness (QED) is 0.762. The summed E-state index contributed by atoms with van der Waals surface area (Å²) in [6.45, 7) is 1.62. The van der Waals surface area contributed by atoms with E-state index in [-0.39, 0.29) is 11.8 Å². The molecule has 8 nitrogen and oxygen atoms in total. The fraction of sp³-hybridized carbons (Fsp3) is 0.375. The summed E-state index contributed by atoms with van der Waals surface area (Å²) in [5, 5.41) is 9.15. The fourth-order valence-electron chi connectivity index (χ4n) is 3.24. The first-order chi connectivity index (χ1) is 11.7. The Morgan fingerprint density at radius 3 is 2.79 bits per heavy atom. The van der Waals surface area contributed by atoms with Crippen LogP contribution in [-0.4, -0.2) is 43.7 Å². The van der Waals surface area contributed by atoms with Gasteiger partial charge in [0.15, 0.2) is 0 Å². The maximum atomic E-state index is 12.3. The summed E-state index contributed by atoms with van der Waals surface area (Å²) in [4.78, 5) is 23.2. The largest absolute Gasteiger partial charge is 0.342 e. The standard InChI is InChI=1S/C16H19N7O/c1-22-13-5-3-2-4-12(13)19-16(22)23-8-6-11(7-9-23)14(24)20-15-17-10-18-21-15/h2-5,10-11H,6-9H2,1H3,(H2,17,18,20,21,24). The van der Waals surface area contributed by atoms with Crippen molar-refractivity contribution < 1.29 is 4.79 Å². The number of aromatic amines is 1. The van der Waals surface area contributed by atoms with Gasteiger partial charge < -0.3 is 9.47 Å². The third-order valence-electron chi connectivity index (χ3n) is 4.57. The molecule has 4 rings (SSSR count). The van der Waals surface area contributed by atoms with Crippen LogP contribution in [0.2, 0.25) is 0 Å². The first-order valence-corrected chi connectivity index (χ1v) is 8.05. The molecule has 24 heavy (non-hydrogen) atoms. The van der Waals surface area contributed by atoms with Crippen molar-refractivity contribution in [1.82, 2.24) is 24.7 Å². The third kappa shape index (κ3) is 2.60. The molecular weight excluding hydrogens is 306 g/mol. The molecule has 0 spiro atoms. The van der Waals surface area contributed by atoms with E-state index in [2.05, 4.69) is 36.0 Å². The van der Waals surface area contributed by atoms with Crippen LogP contribution >= 0.6 is 0 Å². The molecule has 3 aromatic rings. The number of amides is 1. The van der Waals surface area contributed by atoms with Gasteiger partial charge in [-0.1, -0.05) is 12.1 Å². The zero-order valence-electron chi connectivity index (χ0n) is 13.4. The highest BCUT2D eigenvalue weighted by molar-refractivity contribution is 5.91. The minimum atomic E-state index is -0.0129. The molecule has 8 heteroatoms. The van der Waals surface area contributed by atoms with Crippen molar-refractivity contribution in [2.75, 3.05) is 23.3 Å². The molecular formula is C16H19N7O. The maximum Gasteiger partial charge on any atom is 0.229 e. The van der Waals surface area contributed by atoms with Crippen LogP contribution in [0.15, 0.2) is 30.6 Å². The van der Waals surface area contributed by atoms with Crippen LogP contribution in [0.4, 0.5) is 11.9 Å². The minimum Gasteiger partial charge on any atom is -0.342 e. The molecule has 0 aliphatic carbocycles. The van der Waals surface area contributed by atoms with Crippen molar-refractivity contribution in [1.29, 1.82) is 0 Å². The second-order valence-electron chi connectivity index (χ2n) is 6.04.